The molecule has 1 aliphatic rings. The van der Waals surface area contributed by atoms with Crippen LogP contribution in [0.5, 0.6) is 0 Å². The van der Waals surface area contributed by atoms with Gasteiger partial charge in [0.15, 0.2) is 11.5 Å². The molecule has 5 rings (SSSR count). The number of aromatic nitrogens is 4. The third-order valence-electron chi connectivity index (χ3n) is 5.25. The van der Waals surface area contributed by atoms with E-state index in [0.29, 0.717) is 5.69 Å². The Labute approximate surface area is 183 Å². The van der Waals surface area contributed by atoms with Gasteiger partial charge in [-0.2, -0.15) is 0 Å². The van der Waals surface area contributed by atoms with Crippen LogP contribution in [0.1, 0.15) is 15.4 Å². The van der Waals surface area contributed by atoms with Crippen molar-refractivity contribution in [3.8, 4) is 0 Å². The predicted octanol–water partition coefficient (Wildman–Crippen LogP) is 3.37. The normalized spacial score (nSPS) is 14.1. The first-order valence-corrected chi connectivity index (χ1v) is 10.9. The number of piperazine rings is 1. The highest BCUT2D eigenvalue weighted by molar-refractivity contribution is 7.18. The Morgan fingerprint density at radius 3 is 2.48 bits per heavy atom. The zero-order valence-corrected chi connectivity index (χ0v) is 17.8. The van der Waals surface area contributed by atoms with Crippen molar-refractivity contribution in [3.05, 3.63) is 65.4 Å². The summed E-state index contributed by atoms with van der Waals surface area (Å²) in [6, 6.07) is 15.0. The number of amides is 1. The first-order chi connectivity index (χ1) is 15.2. The van der Waals surface area contributed by atoms with Crippen molar-refractivity contribution < 1.29 is 4.79 Å². The maximum atomic E-state index is 12.4. The van der Waals surface area contributed by atoms with E-state index in [1.54, 1.807) is 23.7 Å². The van der Waals surface area contributed by atoms with Crippen LogP contribution in [0.3, 0.4) is 0 Å². The van der Waals surface area contributed by atoms with Crippen LogP contribution in [0.4, 0.5) is 17.3 Å². The van der Waals surface area contributed by atoms with E-state index in [1.165, 1.54) is 4.88 Å². The predicted molar refractivity (Wildman–Crippen MR) is 123 cm³/mol. The Hall–Kier alpha value is -3.59. The van der Waals surface area contributed by atoms with Gasteiger partial charge in [-0.1, -0.05) is 18.2 Å². The number of aryl methyl sites for hydroxylation is 1. The molecule has 1 N–H and O–H groups in total. The van der Waals surface area contributed by atoms with Crippen LogP contribution in [-0.4, -0.2) is 52.3 Å². The number of rotatable bonds is 4. The van der Waals surface area contributed by atoms with Crippen LogP contribution < -0.4 is 15.1 Å². The summed E-state index contributed by atoms with van der Waals surface area (Å²) in [5, 5.41) is 12.4. The van der Waals surface area contributed by atoms with Crippen molar-refractivity contribution >= 4 is 44.8 Å². The molecule has 4 heterocycles. The third kappa shape index (κ3) is 4.04. The molecule has 1 saturated heterocycles. The highest BCUT2D eigenvalue weighted by Gasteiger charge is 2.22. The molecule has 0 radical (unpaired) electrons. The summed E-state index contributed by atoms with van der Waals surface area (Å²) in [5.41, 5.74) is 1.02. The van der Waals surface area contributed by atoms with Gasteiger partial charge in [0, 0.05) is 36.7 Å². The average Bonchev–Trinajstić information content (AvgIpc) is 3.20. The number of anilines is 3. The van der Waals surface area contributed by atoms with Gasteiger partial charge in [-0.15, -0.1) is 21.5 Å². The molecule has 0 saturated carbocycles. The number of carbonyl (C=O) groups is 1. The fourth-order valence-electron chi connectivity index (χ4n) is 3.69. The van der Waals surface area contributed by atoms with E-state index in [0.717, 1.165) is 53.7 Å². The van der Waals surface area contributed by atoms with Crippen LogP contribution in [-0.2, 0) is 0 Å². The number of nitrogens with one attached hydrogen (secondary N) is 1. The second-order valence-electron chi connectivity index (χ2n) is 7.34. The van der Waals surface area contributed by atoms with Gasteiger partial charge in [0.2, 0.25) is 0 Å². The Morgan fingerprint density at radius 2 is 1.74 bits per heavy atom. The zero-order valence-electron chi connectivity index (χ0n) is 17.0. The van der Waals surface area contributed by atoms with Crippen LogP contribution in [0.15, 0.2) is 54.9 Å². The lowest BCUT2D eigenvalue weighted by molar-refractivity contribution is 0.102. The molecule has 0 aliphatic carbocycles. The quantitative estimate of drug-likeness (QED) is 0.530. The number of benzene rings is 1. The minimum Gasteiger partial charge on any atom is -0.352 e. The lowest BCUT2D eigenvalue weighted by Crippen LogP contribution is -2.47. The Balaban J connectivity index is 1.24. The van der Waals surface area contributed by atoms with Gasteiger partial charge >= 0.3 is 0 Å². The lowest BCUT2D eigenvalue weighted by atomic mass is 10.2. The van der Waals surface area contributed by atoms with Crippen molar-refractivity contribution in [1.82, 2.24) is 20.2 Å². The first-order valence-electron chi connectivity index (χ1n) is 10.1. The molecule has 156 valence electrons. The maximum Gasteiger partial charge on any atom is 0.276 e. The van der Waals surface area contributed by atoms with E-state index in [2.05, 4.69) is 48.3 Å². The fraction of sp³-hybridized carbons (Fsp3) is 0.227. The van der Waals surface area contributed by atoms with Crippen LogP contribution in [0, 0.1) is 6.92 Å². The highest BCUT2D eigenvalue weighted by atomic mass is 32.1. The Morgan fingerprint density at radius 1 is 0.968 bits per heavy atom. The van der Waals surface area contributed by atoms with Crippen LogP contribution >= 0.6 is 11.3 Å². The lowest BCUT2D eigenvalue weighted by Gasteiger charge is -2.36. The molecule has 0 bridgehead atoms. The molecular weight excluding hydrogens is 410 g/mol. The maximum absolute atomic E-state index is 12.4. The average molecular weight is 432 g/mol. The number of fused-ring (bicyclic) bond motifs is 1. The summed E-state index contributed by atoms with van der Waals surface area (Å²) in [7, 11) is 0. The molecule has 3 aromatic heterocycles. The number of hydrogen-bond acceptors (Lipinski definition) is 8. The largest absolute Gasteiger partial charge is 0.352 e. The minimum absolute atomic E-state index is 0.270. The van der Waals surface area contributed by atoms with Crippen molar-refractivity contribution in [2.75, 3.05) is 41.3 Å². The summed E-state index contributed by atoms with van der Waals surface area (Å²) in [4.78, 5) is 28.0. The van der Waals surface area contributed by atoms with Gasteiger partial charge in [0.05, 0.1) is 5.39 Å². The molecular formula is C22H21N7OS. The van der Waals surface area contributed by atoms with Crippen molar-refractivity contribution in [2.45, 2.75) is 6.92 Å². The standard InChI is InChI=1S/C22H21N7OS/c1-15-13-17-20(23-14-24-22(17)31-15)29-11-9-28(10-12-29)19-8-7-18(26-27-19)21(30)25-16-5-3-2-4-6-16/h2-8,13-14H,9-12H2,1H3,(H,25,30). The number of hydrogen-bond donors (Lipinski definition) is 1. The van der Waals surface area contributed by atoms with Crippen molar-refractivity contribution in [3.63, 3.8) is 0 Å². The first kappa shape index (κ1) is 19.4. The van der Waals surface area contributed by atoms with E-state index >= 15 is 0 Å². The second kappa shape index (κ2) is 8.27. The summed E-state index contributed by atoms with van der Waals surface area (Å²) >= 11 is 1.69. The molecule has 31 heavy (non-hydrogen) atoms. The highest BCUT2D eigenvalue weighted by Crippen LogP contribution is 2.30. The second-order valence-corrected chi connectivity index (χ2v) is 8.58. The van der Waals surface area contributed by atoms with Crippen LogP contribution in [0.25, 0.3) is 10.2 Å². The Kier molecular flexibility index (Phi) is 5.17. The molecule has 0 atom stereocenters. The molecule has 4 aromatic rings. The van der Waals surface area contributed by atoms with Gasteiger partial charge < -0.3 is 15.1 Å². The molecule has 1 fully saturated rings. The van der Waals surface area contributed by atoms with Gasteiger partial charge in [-0.3, -0.25) is 4.79 Å². The number of thiophene rings is 1. The summed E-state index contributed by atoms with van der Waals surface area (Å²) < 4.78 is 0. The molecule has 0 spiro atoms. The van der Waals surface area contributed by atoms with E-state index in [-0.39, 0.29) is 5.91 Å². The topological polar surface area (TPSA) is 87.1 Å². The third-order valence-corrected chi connectivity index (χ3v) is 6.21. The molecule has 0 unspecified atom stereocenters. The molecule has 1 aliphatic heterocycles. The summed E-state index contributed by atoms with van der Waals surface area (Å²) in [6.45, 7) is 5.37. The summed E-state index contributed by atoms with van der Waals surface area (Å²) in [5.74, 6) is 1.50. The van der Waals surface area contributed by atoms with E-state index < -0.39 is 0 Å². The molecule has 1 aromatic carbocycles. The van der Waals surface area contributed by atoms with Gasteiger partial charge in [-0.25, -0.2) is 9.97 Å². The van der Waals surface area contributed by atoms with E-state index in [4.69, 9.17) is 0 Å². The van der Waals surface area contributed by atoms with Crippen LogP contribution in [0.2, 0.25) is 0 Å². The molecule has 1 amide bonds. The van der Waals surface area contributed by atoms with Crippen molar-refractivity contribution in [2.24, 2.45) is 0 Å². The molecule has 8 nitrogen and oxygen atoms in total. The van der Waals surface area contributed by atoms with Gasteiger partial charge in [0.25, 0.3) is 5.91 Å². The van der Waals surface area contributed by atoms with Gasteiger partial charge in [-0.05, 0) is 37.3 Å². The zero-order chi connectivity index (χ0) is 21.2. The van der Waals surface area contributed by atoms with Crippen molar-refractivity contribution in [1.29, 1.82) is 0 Å². The minimum atomic E-state index is -0.270. The van der Waals surface area contributed by atoms with E-state index in [1.807, 2.05) is 36.4 Å². The smallest absolute Gasteiger partial charge is 0.276 e. The monoisotopic (exact) mass is 431 g/mol. The summed E-state index contributed by atoms with van der Waals surface area (Å²) in [6.07, 6.45) is 1.64. The fourth-order valence-corrected chi connectivity index (χ4v) is 4.54. The number of nitrogens with zero attached hydrogens (tertiary/aromatic N) is 6. The number of para-hydroxylation sites is 1. The van der Waals surface area contributed by atoms with Gasteiger partial charge in [0.1, 0.15) is 17.0 Å². The number of carbonyl (C=O) groups excluding carboxylic acids is 1. The SMILES string of the molecule is Cc1cc2c(N3CCN(c4ccc(C(=O)Nc5ccccc5)nn4)CC3)ncnc2s1. The Bertz CT molecular complexity index is 1200. The van der Waals surface area contributed by atoms with E-state index in [9.17, 15) is 4.79 Å². The molecule has 9 heteroatoms.